The third kappa shape index (κ3) is 9.19. The lowest BCUT2D eigenvalue weighted by Crippen LogP contribution is -2.16. The lowest BCUT2D eigenvalue weighted by atomic mass is 9.91. The maximum Gasteiger partial charge on any atom is 0.104 e. The van der Waals surface area contributed by atoms with E-state index in [2.05, 4.69) is 352 Å². The van der Waals surface area contributed by atoms with Gasteiger partial charge in [0.2, 0.25) is 0 Å². The monoisotopic (exact) mass is 1300 g/mol. The highest BCUT2D eigenvalue weighted by Crippen LogP contribution is 2.53. The summed E-state index contributed by atoms with van der Waals surface area (Å²) >= 11 is 0. The smallest absolute Gasteiger partial charge is 0.104 e. The third-order valence-corrected chi connectivity index (χ3v) is 20.4. The molecular weight excluding hydrogens is 1240 g/mol. The van der Waals surface area contributed by atoms with Gasteiger partial charge in [0.15, 0.2) is 0 Å². The van der Waals surface area contributed by atoms with Gasteiger partial charge in [0.05, 0.1) is 101 Å². The van der Waals surface area contributed by atoms with Gasteiger partial charge in [0.25, 0.3) is 0 Å². The minimum Gasteiger partial charge on any atom is -0.307 e. The molecule has 0 atom stereocenters. The van der Waals surface area contributed by atoms with Gasteiger partial charge >= 0.3 is 0 Å². The number of rotatable bonds is 11. The standard InChI is InChI=1S/C94H58N8/c95-59-75-91(99-82-45-21-13-37-67(82)68-38-14-22-46-83(68)99)90(66-57-80(64-53-76(60-29-5-1-6-30-60)96-77(54-64)61-31-7-2-8-32-61)98-81(58-66)65-55-78(62-33-9-3-10-34-62)97-79(56-65)63-35-11-4-12-36-63)93(101-86-49-25-17-41-71(86)72-42-18-26-50-87(72)101)94(102-88-51-27-19-43-73(88)74-44-20-28-52-89(74)102)92(75)100-84-47-23-15-39-69(84)70-40-16-24-48-85(70)100/h1-58H. The Kier molecular flexibility index (Phi) is 13.5. The van der Waals surface area contributed by atoms with Gasteiger partial charge in [-0.2, -0.15) is 5.26 Å². The van der Waals surface area contributed by atoms with Gasteiger partial charge in [-0.3, -0.25) is 0 Å². The molecule has 0 aliphatic rings. The summed E-state index contributed by atoms with van der Waals surface area (Å²) in [5, 5.41) is 22.0. The molecule has 0 amide bonds. The van der Waals surface area contributed by atoms with Crippen molar-refractivity contribution in [2.75, 3.05) is 0 Å². The van der Waals surface area contributed by atoms with Crippen molar-refractivity contribution in [3.8, 4) is 107 Å². The molecule has 0 saturated carbocycles. The van der Waals surface area contributed by atoms with E-state index in [9.17, 15) is 5.26 Å². The van der Waals surface area contributed by atoms with Crippen LogP contribution in [0.25, 0.3) is 189 Å². The summed E-state index contributed by atoms with van der Waals surface area (Å²) in [5.74, 6) is 0. The van der Waals surface area contributed by atoms with Crippen LogP contribution in [0.15, 0.2) is 352 Å². The summed E-state index contributed by atoms with van der Waals surface area (Å²) < 4.78 is 9.76. The largest absolute Gasteiger partial charge is 0.307 e. The minimum atomic E-state index is 0.465. The predicted octanol–water partition coefficient (Wildman–Crippen LogP) is 23.8. The van der Waals surface area contributed by atoms with Crippen LogP contribution in [0.1, 0.15) is 5.56 Å². The first-order chi connectivity index (χ1) is 50.6. The van der Waals surface area contributed by atoms with Crippen LogP contribution < -0.4 is 0 Å². The number of hydrogen-bond acceptors (Lipinski definition) is 4. The maximum absolute atomic E-state index is 13.5. The van der Waals surface area contributed by atoms with Crippen molar-refractivity contribution >= 4 is 87.2 Å². The number of para-hydroxylation sites is 8. The third-order valence-electron chi connectivity index (χ3n) is 20.4. The van der Waals surface area contributed by atoms with E-state index in [1.807, 2.05) is 24.3 Å². The quantitative estimate of drug-likeness (QED) is 0.129. The number of nitrogens with zero attached hydrogens (tertiary/aromatic N) is 8. The molecule has 8 heteroatoms. The molecule has 0 radical (unpaired) electrons. The molecule has 0 bridgehead atoms. The average Bonchev–Trinajstić information content (AvgIpc) is 1.47. The Morgan fingerprint density at radius 3 is 0.667 bits per heavy atom. The summed E-state index contributed by atoms with van der Waals surface area (Å²) in [6.45, 7) is 0. The minimum absolute atomic E-state index is 0.465. The van der Waals surface area contributed by atoms with E-state index >= 15 is 0 Å². The molecule has 7 aromatic heterocycles. The van der Waals surface area contributed by atoms with E-state index in [1.165, 1.54) is 0 Å². The van der Waals surface area contributed by atoms with Crippen molar-refractivity contribution in [1.29, 1.82) is 5.26 Å². The topological polar surface area (TPSA) is 82.2 Å². The zero-order chi connectivity index (χ0) is 67.4. The van der Waals surface area contributed by atoms with Crippen LogP contribution in [-0.4, -0.2) is 33.2 Å². The van der Waals surface area contributed by atoms with Gasteiger partial charge < -0.3 is 18.3 Å². The number of nitriles is 1. The van der Waals surface area contributed by atoms with Crippen molar-refractivity contribution in [3.05, 3.63) is 357 Å². The zero-order valence-electron chi connectivity index (χ0n) is 55.1. The Bertz CT molecular complexity index is 6340. The number of fused-ring (bicyclic) bond motifs is 12. The molecule has 0 spiro atoms. The molecule has 0 unspecified atom stereocenters. The van der Waals surface area contributed by atoms with Crippen molar-refractivity contribution in [2.45, 2.75) is 0 Å². The SMILES string of the molecule is N#Cc1c(-n2c3ccccc3c3ccccc32)c(-c2cc(-c3cc(-c4ccccc4)nc(-c4ccccc4)c3)nc(-c3cc(-c4ccccc4)nc(-c4ccccc4)c3)c2)c(-n2c3ccccc3c3ccccc32)c(-n2c3ccccc3c3ccccc32)c1-n1c2ccccc2c2ccccc21. The van der Waals surface area contributed by atoms with Gasteiger partial charge in [-0.25, -0.2) is 15.0 Å². The zero-order valence-corrected chi connectivity index (χ0v) is 55.1. The maximum atomic E-state index is 13.5. The molecule has 8 nitrogen and oxygen atoms in total. The summed E-state index contributed by atoms with van der Waals surface area (Å²) in [6, 6.07) is 128. The van der Waals surface area contributed by atoms with Crippen LogP contribution >= 0.6 is 0 Å². The second kappa shape index (κ2) is 23.6. The summed E-state index contributed by atoms with van der Waals surface area (Å²) in [7, 11) is 0. The van der Waals surface area contributed by atoms with Gasteiger partial charge in [-0.15, -0.1) is 0 Å². The molecule has 0 aliphatic carbocycles. The second-order valence-electron chi connectivity index (χ2n) is 26.1. The molecular formula is C94H58N8. The van der Waals surface area contributed by atoms with E-state index in [-0.39, 0.29) is 0 Å². The molecule has 0 N–H and O–H groups in total. The average molecular weight is 1300 g/mol. The molecule has 20 rings (SSSR count). The van der Waals surface area contributed by atoms with Crippen molar-refractivity contribution in [1.82, 2.24) is 33.2 Å². The first-order valence-electron chi connectivity index (χ1n) is 34.5. The fourth-order valence-electron chi connectivity index (χ4n) is 16.0. The second-order valence-corrected chi connectivity index (χ2v) is 26.1. The molecule has 0 saturated heterocycles. The van der Waals surface area contributed by atoms with E-state index in [0.717, 1.165) is 172 Å². The predicted molar refractivity (Wildman–Crippen MR) is 420 cm³/mol. The Morgan fingerprint density at radius 2 is 0.402 bits per heavy atom. The molecule has 102 heavy (non-hydrogen) atoms. The number of aromatic nitrogens is 7. The molecule has 0 fully saturated rings. The number of pyridine rings is 3. The highest BCUT2D eigenvalue weighted by Gasteiger charge is 2.36. The van der Waals surface area contributed by atoms with E-state index in [4.69, 9.17) is 15.0 Å². The molecule has 474 valence electrons. The van der Waals surface area contributed by atoms with Gasteiger partial charge in [-0.05, 0) is 90.5 Å². The first kappa shape index (κ1) is 58.2. The summed E-state index contributed by atoms with van der Waals surface area (Å²) in [4.78, 5) is 16.9. The fraction of sp³-hybridized carbons (Fsp3) is 0. The van der Waals surface area contributed by atoms with E-state index < -0.39 is 0 Å². The Hall–Kier alpha value is -14.0. The van der Waals surface area contributed by atoms with Crippen LogP contribution in [0.5, 0.6) is 0 Å². The van der Waals surface area contributed by atoms with Crippen molar-refractivity contribution < 1.29 is 0 Å². The van der Waals surface area contributed by atoms with Crippen LogP contribution in [0.4, 0.5) is 0 Å². The summed E-state index contributed by atoms with van der Waals surface area (Å²) in [5.41, 5.74) is 23.1. The number of hydrogen-bond donors (Lipinski definition) is 0. The van der Waals surface area contributed by atoms with Crippen LogP contribution in [0, 0.1) is 11.3 Å². The van der Waals surface area contributed by atoms with E-state index in [1.54, 1.807) is 0 Å². The molecule has 0 aliphatic heterocycles. The number of benzene rings is 13. The van der Waals surface area contributed by atoms with Crippen LogP contribution in [0.2, 0.25) is 0 Å². The van der Waals surface area contributed by atoms with Gasteiger partial charge in [0.1, 0.15) is 11.6 Å². The van der Waals surface area contributed by atoms with Crippen LogP contribution in [-0.2, 0) is 0 Å². The lowest BCUT2D eigenvalue weighted by molar-refractivity contribution is 1.03. The fourth-order valence-corrected chi connectivity index (χ4v) is 16.0. The molecule has 7 heterocycles. The Balaban J connectivity index is 1.07. The Morgan fingerprint density at radius 1 is 0.196 bits per heavy atom. The lowest BCUT2D eigenvalue weighted by Gasteiger charge is -2.29. The summed E-state index contributed by atoms with van der Waals surface area (Å²) in [6.07, 6.45) is 0. The van der Waals surface area contributed by atoms with E-state index in [0.29, 0.717) is 22.6 Å². The molecule has 20 aromatic rings. The highest BCUT2D eigenvalue weighted by atomic mass is 15.1. The van der Waals surface area contributed by atoms with Crippen LogP contribution in [0.3, 0.4) is 0 Å². The Labute approximate surface area is 587 Å². The molecule has 13 aromatic carbocycles. The highest BCUT2D eigenvalue weighted by molar-refractivity contribution is 6.17. The van der Waals surface area contributed by atoms with Crippen molar-refractivity contribution in [2.24, 2.45) is 0 Å². The van der Waals surface area contributed by atoms with Gasteiger partial charge in [-0.1, -0.05) is 267 Å². The first-order valence-corrected chi connectivity index (χ1v) is 34.5. The van der Waals surface area contributed by atoms with Crippen molar-refractivity contribution in [3.63, 3.8) is 0 Å². The van der Waals surface area contributed by atoms with Gasteiger partial charge in [0, 0.05) is 82.0 Å². The normalized spacial score (nSPS) is 11.7.